The molecule has 0 aliphatic heterocycles. The Labute approximate surface area is 102 Å². The van der Waals surface area contributed by atoms with Gasteiger partial charge in [-0.25, -0.2) is 14.6 Å². The van der Waals surface area contributed by atoms with Crippen LogP contribution in [0.1, 0.15) is 11.6 Å². The van der Waals surface area contributed by atoms with Gasteiger partial charge >= 0.3 is 0 Å². The SMILES string of the molecule is Cc1nc(C)n(-c2ccc3scnc3c2N)n1. The molecule has 2 heterocycles. The number of fused-ring (bicyclic) bond motifs is 1. The van der Waals surface area contributed by atoms with E-state index in [0.29, 0.717) is 5.69 Å². The van der Waals surface area contributed by atoms with Gasteiger partial charge in [-0.2, -0.15) is 5.10 Å². The van der Waals surface area contributed by atoms with Crippen LogP contribution in [0.2, 0.25) is 0 Å². The molecule has 0 atom stereocenters. The van der Waals surface area contributed by atoms with E-state index in [1.165, 1.54) is 0 Å². The molecule has 2 aromatic heterocycles. The fraction of sp³-hybridized carbons (Fsp3) is 0.182. The van der Waals surface area contributed by atoms with Gasteiger partial charge < -0.3 is 5.73 Å². The van der Waals surface area contributed by atoms with Crippen molar-refractivity contribution >= 4 is 27.2 Å². The molecular formula is C11H11N5S. The summed E-state index contributed by atoms with van der Waals surface area (Å²) in [6, 6.07) is 3.96. The van der Waals surface area contributed by atoms with Crippen LogP contribution in [0, 0.1) is 13.8 Å². The third-order valence-electron chi connectivity index (χ3n) is 2.62. The molecule has 0 saturated heterocycles. The molecule has 0 aliphatic rings. The molecule has 0 radical (unpaired) electrons. The number of thiazole rings is 1. The average molecular weight is 245 g/mol. The summed E-state index contributed by atoms with van der Waals surface area (Å²) in [6.45, 7) is 3.77. The molecule has 0 unspecified atom stereocenters. The normalized spacial score (nSPS) is 11.2. The number of nitrogens with zero attached hydrogens (tertiary/aromatic N) is 4. The molecule has 0 amide bonds. The molecular weight excluding hydrogens is 234 g/mol. The van der Waals surface area contributed by atoms with Crippen molar-refractivity contribution in [3.63, 3.8) is 0 Å². The molecule has 6 heteroatoms. The van der Waals surface area contributed by atoms with Crippen molar-refractivity contribution in [1.82, 2.24) is 19.7 Å². The number of benzene rings is 1. The Kier molecular flexibility index (Phi) is 2.12. The van der Waals surface area contributed by atoms with Crippen LogP contribution >= 0.6 is 11.3 Å². The smallest absolute Gasteiger partial charge is 0.148 e. The van der Waals surface area contributed by atoms with E-state index in [0.717, 1.165) is 27.6 Å². The summed E-state index contributed by atoms with van der Waals surface area (Å²) in [6.07, 6.45) is 0. The summed E-state index contributed by atoms with van der Waals surface area (Å²) in [7, 11) is 0. The molecule has 17 heavy (non-hydrogen) atoms. The minimum Gasteiger partial charge on any atom is -0.395 e. The van der Waals surface area contributed by atoms with Crippen LogP contribution in [0.4, 0.5) is 5.69 Å². The first-order chi connectivity index (χ1) is 8.16. The first-order valence-corrected chi connectivity index (χ1v) is 6.07. The average Bonchev–Trinajstić information content (AvgIpc) is 2.86. The zero-order valence-electron chi connectivity index (χ0n) is 9.51. The summed E-state index contributed by atoms with van der Waals surface area (Å²) in [5.74, 6) is 1.56. The number of hydrogen-bond donors (Lipinski definition) is 1. The van der Waals surface area contributed by atoms with Crippen LogP contribution in [0.25, 0.3) is 15.9 Å². The van der Waals surface area contributed by atoms with Crippen molar-refractivity contribution < 1.29 is 0 Å². The predicted molar refractivity (Wildman–Crippen MR) is 68.4 cm³/mol. The topological polar surface area (TPSA) is 69.6 Å². The molecule has 2 N–H and O–H groups in total. The first-order valence-electron chi connectivity index (χ1n) is 5.19. The van der Waals surface area contributed by atoms with Gasteiger partial charge in [0.1, 0.15) is 17.2 Å². The van der Waals surface area contributed by atoms with E-state index in [2.05, 4.69) is 15.1 Å². The van der Waals surface area contributed by atoms with Crippen LogP contribution in [0.15, 0.2) is 17.6 Å². The number of nitrogen functional groups attached to an aromatic ring is 1. The van der Waals surface area contributed by atoms with Crippen LogP contribution < -0.4 is 5.73 Å². The van der Waals surface area contributed by atoms with Crippen molar-refractivity contribution in [3.8, 4) is 5.69 Å². The molecule has 0 bridgehead atoms. The Morgan fingerprint density at radius 3 is 2.82 bits per heavy atom. The molecule has 0 aliphatic carbocycles. The number of nitrogens with two attached hydrogens (primary N) is 1. The Balaban J connectivity index is 2.30. The molecule has 5 nitrogen and oxygen atoms in total. The second kappa shape index (κ2) is 3.53. The maximum absolute atomic E-state index is 6.13. The van der Waals surface area contributed by atoms with Crippen molar-refractivity contribution in [2.75, 3.05) is 5.73 Å². The third kappa shape index (κ3) is 1.49. The summed E-state index contributed by atoms with van der Waals surface area (Å²) >= 11 is 1.58. The number of aryl methyl sites for hydroxylation is 2. The highest BCUT2D eigenvalue weighted by molar-refractivity contribution is 7.16. The summed E-state index contributed by atoms with van der Waals surface area (Å²) in [5, 5.41) is 4.33. The maximum atomic E-state index is 6.13. The van der Waals surface area contributed by atoms with Crippen molar-refractivity contribution in [2.45, 2.75) is 13.8 Å². The molecule has 0 saturated carbocycles. The maximum Gasteiger partial charge on any atom is 0.148 e. The van der Waals surface area contributed by atoms with E-state index in [-0.39, 0.29) is 0 Å². The number of rotatable bonds is 1. The molecule has 86 valence electrons. The van der Waals surface area contributed by atoms with Crippen LogP contribution in [0.5, 0.6) is 0 Å². The van der Waals surface area contributed by atoms with E-state index in [9.17, 15) is 0 Å². The van der Waals surface area contributed by atoms with E-state index >= 15 is 0 Å². The lowest BCUT2D eigenvalue weighted by atomic mass is 10.2. The second-order valence-electron chi connectivity index (χ2n) is 3.82. The minimum atomic E-state index is 0.650. The lowest BCUT2D eigenvalue weighted by molar-refractivity contribution is 0.834. The lowest BCUT2D eigenvalue weighted by Gasteiger charge is -2.06. The van der Waals surface area contributed by atoms with Gasteiger partial charge in [-0.05, 0) is 26.0 Å². The van der Waals surface area contributed by atoms with Crippen molar-refractivity contribution in [2.24, 2.45) is 0 Å². The van der Waals surface area contributed by atoms with E-state index in [1.54, 1.807) is 21.5 Å². The highest BCUT2D eigenvalue weighted by Gasteiger charge is 2.12. The van der Waals surface area contributed by atoms with E-state index in [1.807, 2.05) is 26.0 Å². The number of aromatic nitrogens is 4. The molecule has 0 spiro atoms. The van der Waals surface area contributed by atoms with Crippen molar-refractivity contribution in [3.05, 3.63) is 29.3 Å². The van der Waals surface area contributed by atoms with Gasteiger partial charge in [-0.15, -0.1) is 11.3 Å². The first kappa shape index (κ1) is 10.2. The van der Waals surface area contributed by atoms with Gasteiger partial charge in [0.15, 0.2) is 0 Å². The van der Waals surface area contributed by atoms with Gasteiger partial charge in [0.05, 0.1) is 21.6 Å². The van der Waals surface area contributed by atoms with Crippen LogP contribution in [-0.2, 0) is 0 Å². The molecule has 0 fully saturated rings. The highest BCUT2D eigenvalue weighted by atomic mass is 32.1. The zero-order valence-corrected chi connectivity index (χ0v) is 10.3. The van der Waals surface area contributed by atoms with Gasteiger partial charge in [0, 0.05) is 0 Å². The van der Waals surface area contributed by atoms with E-state index < -0.39 is 0 Å². The number of anilines is 1. The van der Waals surface area contributed by atoms with Crippen molar-refractivity contribution in [1.29, 1.82) is 0 Å². The third-order valence-corrected chi connectivity index (χ3v) is 3.42. The fourth-order valence-corrected chi connectivity index (χ4v) is 2.57. The summed E-state index contributed by atoms with van der Waals surface area (Å²) in [5.41, 5.74) is 10.2. The van der Waals surface area contributed by atoms with E-state index in [4.69, 9.17) is 5.73 Å². The monoisotopic (exact) mass is 245 g/mol. The van der Waals surface area contributed by atoms with Crippen LogP contribution in [0.3, 0.4) is 0 Å². The Morgan fingerprint density at radius 2 is 2.12 bits per heavy atom. The largest absolute Gasteiger partial charge is 0.395 e. The van der Waals surface area contributed by atoms with Crippen LogP contribution in [-0.4, -0.2) is 19.7 Å². The number of hydrogen-bond acceptors (Lipinski definition) is 5. The molecule has 1 aromatic carbocycles. The lowest BCUT2D eigenvalue weighted by Crippen LogP contribution is -2.04. The standard InChI is InChI=1S/C11H11N5S/c1-6-14-7(2)16(15-6)8-3-4-9-11(10(8)12)13-5-17-9/h3-5H,12H2,1-2H3. The van der Waals surface area contributed by atoms with Gasteiger partial charge in [-0.1, -0.05) is 0 Å². The van der Waals surface area contributed by atoms with Gasteiger partial charge in [-0.3, -0.25) is 0 Å². The molecule has 3 aromatic rings. The highest BCUT2D eigenvalue weighted by Crippen LogP contribution is 2.28. The Morgan fingerprint density at radius 1 is 1.29 bits per heavy atom. The fourth-order valence-electron chi connectivity index (χ4n) is 1.88. The zero-order chi connectivity index (χ0) is 12.0. The summed E-state index contributed by atoms with van der Waals surface area (Å²) < 4.78 is 2.84. The van der Waals surface area contributed by atoms with Gasteiger partial charge in [0.2, 0.25) is 0 Å². The van der Waals surface area contributed by atoms with Gasteiger partial charge in [0.25, 0.3) is 0 Å². The quantitative estimate of drug-likeness (QED) is 0.666. The Hall–Kier alpha value is -1.95. The Bertz CT molecular complexity index is 697. The predicted octanol–water partition coefficient (Wildman–Crippen LogP) is 2.08. The second-order valence-corrected chi connectivity index (χ2v) is 4.70. The molecule has 3 rings (SSSR count). The minimum absolute atomic E-state index is 0.650. The summed E-state index contributed by atoms with van der Waals surface area (Å²) in [4.78, 5) is 8.55.